The van der Waals surface area contributed by atoms with E-state index in [0.29, 0.717) is 10.6 Å². The number of carbonyl (C=O) groups excluding carboxylic acids is 1. The highest BCUT2D eigenvalue weighted by Crippen LogP contribution is 2.37. The van der Waals surface area contributed by atoms with Crippen molar-refractivity contribution >= 4 is 45.3 Å². The van der Waals surface area contributed by atoms with Gasteiger partial charge in [0.25, 0.3) is 5.91 Å². The van der Waals surface area contributed by atoms with Crippen molar-refractivity contribution in [3.63, 3.8) is 0 Å². The SMILES string of the molecule is CC(C)(C)c1nnc(Sc2ncc(NC(=O)c3ccccc3)s2)s1. The summed E-state index contributed by atoms with van der Waals surface area (Å²) in [6.07, 6.45) is 1.67. The van der Waals surface area contributed by atoms with E-state index < -0.39 is 0 Å². The first kappa shape index (κ1) is 17.1. The molecule has 1 N–H and O–H groups in total. The molecule has 0 aliphatic heterocycles. The molecule has 0 unspecified atom stereocenters. The smallest absolute Gasteiger partial charge is 0.256 e. The molecule has 0 saturated carbocycles. The summed E-state index contributed by atoms with van der Waals surface area (Å²) in [6.45, 7) is 6.34. The second-order valence-corrected chi connectivity index (χ2v) is 9.54. The molecule has 1 amide bonds. The van der Waals surface area contributed by atoms with Crippen molar-refractivity contribution in [3.8, 4) is 0 Å². The van der Waals surface area contributed by atoms with Crippen LogP contribution < -0.4 is 5.32 Å². The fourth-order valence-corrected chi connectivity index (χ4v) is 4.75. The maximum atomic E-state index is 12.1. The van der Waals surface area contributed by atoms with Crippen LogP contribution in [0.5, 0.6) is 0 Å². The summed E-state index contributed by atoms with van der Waals surface area (Å²) in [7, 11) is 0. The van der Waals surface area contributed by atoms with E-state index in [0.717, 1.165) is 13.7 Å². The summed E-state index contributed by atoms with van der Waals surface area (Å²) in [4.78, 5) is 16.5. The Labute approximate surface area is 152 Å². The van der Waals surface area contributed by atoms with Gasteiger partial charge in [0.2, 0.25) is 0 Å². The molecule has 2 heterocycles. The zero-order valence-electron chi connectivity index (χ0n) is 13.4. The second-order valence-electron chi connectivity index (χ2n) is 6.04. The highest BCUT2D eigenvalue weighted by Gasteiger charge is 2.20. The van der Waals surface area contributed by atoms with E-state index in [9.17, 15) is 4.79 Å². The van der Waals surface area contributed by atoms with Gasteiger partial charge >= 0.3 is 0 Å². The van der Waals surface area contributed by atoms with Gasteiger partial charge in [0.15, 0.2) is 8.68 Å². The maximum Gasteiger partial charge on any atom is 0.256 e. The number of amides is 1. The van der Waals surface area contributed by atoms with Crippen LogP contribution in [0.15, 0.2) is 45.2 Å². The molecule has 0 spiro atoms. The lowest BCUT2D eigenvalue weighted by Crippen LogP contribution is -2.10. The van der Waals surface area contributed by atoms with Gasteiger partial charge < -0.3 is 5.32 Å². The fourth-order valence-electron chi connectivity index (χ4n) is 1.77. The van der Waals surface area contributed by atoms with Gasteiger partial charge in [0.05, 0.1) is 6.20 Å². The molecule has 0 aliphatic carbocycles. The number of hydrogen-bond acceptors (Lipinski definition) is 7. The number of nitrogens with zero attached hydrogens (tertiary/aromatic N) is 3. The normalized spacial score (nSPS) is 11.5. The highest BCUT2D eigenvalue weighted by molar-refractivity contribution is 8.02. The first-order valence-electron chi connectivity index (χ1n) is 7.26. The predicted molar refractivity (Wildman–Crippen MR) is 99.2 cm³/mol. The van der Waals surface area contributed by atoms with Crippen molar-refractivity contribution in [3.05, 3.63) is 47.1 Å². The van der Waals surface area contributed by atoms with E-state index >= 15 is 0 Å². The predicted octanol–water partition coefficient (Wildman–Crippen LogP) is 4.70. The first-order chi connectivity index (χ1) is 11.4. The second kappa shape index (κ2) is 7.00. The molecule has 0 atom stereocenters. The van der Waals surface area contributed by atoms with Crippen LogP contribution in [0, 0.1) is 0 Å². The topological polar surface area (TPSA) is 67.8 Å². The monoisotopic (exact) mass is 376 g/mol. The molecule has 3 rings (SSSR count). The quantitative estimate of drug-likeness (QED) is 0.715. The summed E-state index contributed by atoms with van der Waals surface area (Å²) >= 11 is 4.47. The Morgan fingerprint density at radius 3 is 2.50 bits per heavy atom. The van der Waals surface area contributed by atoms with E-state index in [4.69, 9.17) is 0 Å². The average Bonchev–Trinajstić information content (AvgIpc) is 3.18. The molecule has 0 saturated heterocycles. The number of anilines is 1. The molecule has 1 aromatic carbocycles. The van der Waals surface area contributed by atoms with Crippen LogP contribution in [-0.4, -0.2) is 21.1 Å². The van der Waals surface area contributed by atoms with Crippen molar-refractivity contribution < 1.29 is 4.79 Å². The van der Waals surface area contributed by atoms with Crippen LogP contribution in [0.2, 0.25) is 0 Å². The number of thiazole rings is 1. The van der Waals surface area contributed by atoms with Crippen molar-refractivity contribution in [1.82, 2.24) is 15.2 Å². The van der Waals surface area contributed by atoms with E-state index in [1.54, 1.807) is 29.7 Å². The van der Waals surface area contributed by atoms with Crippen molar-refractivity contribution in [2.75, 3.05) is 5.32 Å². The summed E-state index contributed by atoms with van der Waals surface area (Å²) < 4.78 is 1.69. The van der Waals surface area contributed by atoms with Gasteiger partial charge in [-0.25, -0.2) is 4.98 Å². The lowest BCUT2D eigenvalue weighted by atomic mass is 9.98. The molecule has 0 aliphatic rings. The summed E-state index contributed by atoms with van der Waals surface area (Å²) in [6, 6.07) is 9.12. The van der Waals surface area contributed by atoms with Crippen LogP contribution in [0.1, 0.15) is 36.1 Å². The van der Waals surface area contributed by atoms with Crippen LogP contribution in [-0.2, 0) is 5.41 Å². The summed E-state index contributed by atoms with van der Waals surface area (Å²) in [5.41, 5.74) is 0.618. The van der Waals surface area contributed by atoms with Gasteiger partial charge in [-0.15, -0.1) is 10.2 Å². The highest BCUT2D eigenvalue weighted by atomic mass is 32.2. The molecular formula is C16H16N4OS3. The molecule has 124 valence electrons. The number of benzene rings is 1. The fraction of sp³-hybridized carbons (Fsp3) is 0.250. The third-order valence-electron chi connectivity index (χ3n) is 2.98. The Morgan fingerprint density at radius 2 is 1.83 bits per heavy atom. The molecule has 24 heavy (non-hydrogen) atoms. The zero-order chi connectivity index (χ0) is 17.2. The summed E-state index contributed by atoms with van der Waals surface area (Å²) in [5, 5.41) is 13.0. The molecule has 0 fully saturated rings. The third kappa shape index (κ3) is 4.19. The Balaban J connectivity index is 1.65. The van der Waals surface area contributed by atoms with Gasteiger partial charge in [0.1, 0.15) is 10.0 Å². The van der Waals surface area contributed by atoms with Crippen molar-refractivity contribution in [1.29, 1.82) is 0 Å². The van der Waals surface area contributed by atoms with Gasteiger partial charge in [-0.1, -0.05) is 61.6 Å². The number of aromatic nitrogens is 3. The van der Waals surface area contributed by atoms with E-state index in [1.807, 2.05) is 18.2 Å². The number of nitrogens with one attached hydrogen (secondary N) is 1. The lowest BCUT2D eigenvalue weighted by Gasteiger charge is -2.12. The van der Waals surface area contributed by atoms with E-state index in [2.05, 4.69) is 41.3 Å². The lowest BCUT2D eigenvalue weighted by molar-refractivity contribution is 0.102. The van der Waals surface area contributed by atoms with Crippen LogP contribution >= 0.6 is 34.4 Å². The Hall–Kier alpha value is -1.77. The molecule has 2 aromatic heterocycles. The standard InChI is InChI=1S/C16H16N4OS3/c1-16(2,3)13-19-20-15(23-13)24-14-17-9-11(22-14)18-12(21)10-7-5-4-6-8-10/h4-9H,1-3H3,(H,18,21). The Bertz CT molecular complexity index is 836. The van der Waals surface area contributed by atoms with E-state index in [-0.39, 0.29) is 11.3 Å². The first-order valence-corrected chi connectivity index (χ1v) is 9.71. The summed E-state index contributed by atoms with van der Waals surface area (Å²) in [5.74, 6) is -0.137. The van der Waals surface area contributed by atoms with Gasteiger partial charge in [0, 0.05) is 11.0 Å². The molecule has 0 bridgehead atoms. The van der Waals surface area contributed by atoms with Crippen molar-refractivity contribution in [2.24, 2.45) is 0 Å². The Kier molecular flexibility index (Phi) is 4.98. The molecule has 5 nitrogen and oxygen atoms in total. The van der Waals surface area contributed by atoms with Crippen molar-refractivity contribution in [2.45, 2.75) is 34.9 Å². The van der Waals surface area contributed by atoms with Crippen LogP contribution in [0.25, 0.3) is 0 Å². The minimum absolute atomic E-state index is 0.00578. The van der Waals surface area contributed by atoms with E-state index in [1.165, 1.54) is 23.1 Å². The van der Waals surface area contributed by atoms with Gasteiger partial charge in [-0.2, -0.15) is 0 Å². The Morgan fingerprint density at radius 1 is 1.08 bits per heavy atom. The zero-order valence-corrected chi connectivity index (χ0v) is 15.9. The average molecular weight is 377 g/mol. The van der Waals surface area contributed by atoms with Gasteiger partial charge in [-0.3, -0.25) is 4.79 Å². The molecule has 0 radical (unpaired) electrons. The van der Waals surface area contributed by atoms with Crippen LogP contribution in [0.4, 0.5) is 5.00 Å². The number of carbonyl (C=O) groups is 1. The maximum absolute atomic E-state index is 12.1. The molecule has 8 heteroatoms. The minimum atomic E-state index is -0.137. The number of hydrogen-bond donors (Lipinski definition) is 1. The van der Waals surface area contributed by atoms with Crippen LogP contribution in [0.3, 0.4) is 0 Å². The third-order valence-corrected chi connectivity index (χ3v) is 6.37. The number of rotatable bonds is 4. The van der Waals surface area contributed by atoms with Gasteiger partial charge in [-0.05, 0) is 23.9 Å². The minimum Gasteiger partial charge on any atom is -0.312 e. The molecular weight excluding hydrogens is 360 g/mol. The largest absolute Gasteiger partial charge is 0.312 e. The molecule has 3 aromatic rings.